The fraction of sp³-hybridized carbons (Fsp3) is 0.143. The summed E-state index contributed by atoms with van der Waals surface area (Å²) in [7, 11) is 0. The third-order valence-electron chi connectivity index (χ3n) is 2.52. The summed E-state index contributed by atoms with van der Waals surface area (Å²) in [5, 5.41) is 4.30. The summed E-state index contributed by atoms with van der Waals surface area (Å²) < 4.78 is 0. The van der Waals surface area contributed by atoms with Gasteiger partial charge in [0.1, 0.15) is 0 Å². The first-order chi connectivity index (χ1) is 9.19. The number of hydrogen-bond donors (Lipinski definition) is 2. The highest BCUT2D eigenvalue weighted by Crippen LogP contribution is 2.18. The number of fused-ring (bicyclic) bond motifs is 1. The molecule has 0 saturated heterocycles. The first-order valence-electron chi connectivity index (χ1n) is 5.91. The van der Waals surface area contributed by atoms with E-state index in [0.717, 1.165) is 16.6 Å². The zero-order valence-corrected chi connectivity index (χ0v) is 11.0. The molecule has 5 heteroatoms. The van der Waals surface area contributed by atoms with Crippen molar-refractivity contribution in [2.75, 3.05) is 13.1 Å². The molecule has 1 heterocycles. The van der Waals surface area contributed by atoms with E-state index >= 15 is 0 Å². The lowest BCUT2D eigenvalue weighted by Gasteiger charge is -2.00. The number of benzene rings is 1. The van der Waals surface area contributed by atoms with Crippen molar-refractivity contribution in [2.24, 2.45) is 5.73 Å². The molecule has 1 aromatic heterocycles. The van der Waals surface area contributed by atoms with Crippen molar-refractivity contribution in [3.05, 3.63) is 47.1 Å². The van der Waals surface area contributed by atoms with Crippen molar-refractivity contribution in [1.29, 1.82) is 0 Å². The molecule has 1 aromatic carbocycles. The van der Waals surface area contributed by atoms with E-state index in [2.05, 4.69) is 10.3 Å². The van der Waals surface area contributed by atoms with Gasteiger partial charge in [0, 0.05) is 29.6 Å². The molecule has 0 bridgehead atoms. The maximum absolute atomic E-state index is 11.4. The van der Waals surface area contributed by atoms with Crippen molar-refractivity contribution in [1.82, 2.24) is 10.3 Å². The molecular weight excluding hydrogens is 262 g/mol. The molecule has 2 rings (SSSR count). The van der Waals surface area contributed by atoms with Gasteiger partial charge in [-0.05, 0) is 30.3 Å². The maximum atomic E-state index is 11.4. The molecule has 19 heavy (non-hydrogen) atoms. The van der Waals surface area contributed by atoms with Crippen LogP contribution in [0.2, 0.25) is 5.02 Å². The Hall–Kier alpha value is -1.91. The van der Waals surface area contributed by atoms with Crippen LogP contribution < -0.4 is 11.1 Å². The summed E-state index contributed by atoms with van der Waals surface area (Å²) in [5.41, 5.74) is 6.86. The minimum atomic E-state index is -0.177. The molecule has 4 nitrogen and oxygen atoms in total. The van der Waals surface area contributed by atoms with Crippen LogP contribution in [0.4, 0.5) is 0 Å². The van der Waals surface area contributed by atoms with Crippen LogP contribution in [0.25, 0.3) is 17.0 Å². The van der Waals surface area contributed by atoms with Crippen molar-refractivity contribution in [2.45, 2.75) is 0 Å². The zero-order valence-electron chi connectivity index (χ0n) is 10.3. The number of hydrogen-bond acceptors (Lipinski definition) is 3. The predicted molar refractivity (Wildman–Crippen MR) is 77.9 cm³/mol. The first-order valence-corrected chi connectivity index (χ1v) is 6.29. The molecule has 98 valence electrons. The van der Waals surface area contributed by atoms with Gasteiger partial charge in [0.05, 0.1) is 11.2 Å². The molecule has 0 aliphatic carbocycles. The third kappa shape index (κ3) is 3.77. The summed E-state index contributed by atoms with van der Waals surface area (Å²) in [4.78, 5) is 15.8. The van der Waals surface area contributed by atoms with Gasteiger partial charge in [-0.3, -0.25) is 4.79 Å². The second-order valence-electron chi connectivity index (χ2n) is 3.99. The molecule has 0 aliphatic rings. The van der Waals surface area contributed by atoms with Gasteiger partial charge in [-0.2, -0.15) is 0 Å². The van der Waals surface area contributed by atoms with E-state index in [1.807, 2.05) is 24.3 Å². The lowest BCUT2D eigenvalue weighted by molar-refractivity contribution is -0.116. The maximum Gasteiger partial charge on any atom is 0.244 e. The number of carbonyl (C=O) groups excluding carboxylic acids is 1. The van der Waals surface area contributed by atoms with Gasteiger partial charge in [-0.1, -0.05) is 17.7 Å². The van der Waals surface area contributed by atoms with Crippen LogP contribution in [0.5, 0.6) is 0 Å². The molecule has 0 spiro atoms. The van der Waals surface area contributed by atoms with Gasteiger partial charge < -0.3 is 11.1 Å². The second-order valence-corrected chi connectivity index (χ2v) is 4.42. The van der Waals surface area contributed by atoms with E-state index < -0.39 is 0 Å². The number of halogens is 1. The summed E-state index contributed by atoms with van der Waals surface area (Å²) in [6.07, 6.45) is 3.11. The molecular formula is C14H14ClN3O. The number of pyridine rings is 1. The Kier molecular flexibility index (Phi) is 4.49. The smallest absolute Gasteiger partial charge is 0.244 e. The Morgan fingerprint density at radius 3 is 3.00 bits per heavy atom. The van der Waals surface area contributed by atoms with Crippen molar-refractivity contribution < 1.29 is 4.79 Å². The minimum Gasteiger partial charge on any atom is -0.351 e. The summed E-state index contributed by atoms with van der Waals surface area (Å²) >= 11 is 5.90. The molecule has 0 unspecified atom stereocenters. The van der Waals surface area contributed by atoms with Gasteiger partial charge >= 0.3 is 0 Å². The highest BCUT2D eigenvalue weighted by atomic mass is 35.5. The van der Waals surface area contributed by atoms with E-state index in [9.17, 15) is 4.79 Å². The normalized spacial score (nSPS) is 11.1. The Morgan fingerprint density at radius 2 is 2.21 bits per heavy atom. The van der Waals surface area contributed by atoms with Crippen LogP contribution >= 0.6 is 11.6 Å². The van der Waals surface area contributed by atoms with Crippen LogP contribution in [0.3, 0.4) is 0 Å². The van der Waals surface area contributed by atoms with Crippen molar-refractivity contribution in [3.63, 3.8) is 0 Å². The number of rotatable bonds is 4. The molecule has 3 N–H and O–H groups in total. The van der Waals surface area contributed by atoms with Gasteiger partial charge in [-0.15, -0.1) is 0 Å². The van der Waals surface area contributed by atoms with Crippen molar-refractivity contribution >= 4 is 34.5 Å². The largest absolute Gasteiger partial charge is 0.351 e. The van der Waals surface area contributed by atoms with E-state index in [1.165, 1.54) is 6.08 Å². The highest BCUT2D eigenvalue weighted by Gasteiger charge is 1.98. The number of amides is 1. The third-order valence-corrected chi connectivity index (χ3v) is 2.76. The monoisotopic (exact) mass is 275 g/mol. The Morgan fingerprint density at radius 1 is 1.37 bits per heavy atom. The lowest BCUT2D eigenvalue weighted by atomic mass is 10.2. The molecule has 2 aromatic rings. The SMILES string of the molecule is NCCNC(=O)/C=C/c1ccc2cc(Cl)ccc2n1. The lowest BCUT2D eigenvalue weighted by Crippen LogP contribution is -2.27. The molecule has 0 atom stereocenters. The van der Waals surface area contributed by atoms with E-state index in [-0.39, 0.29) is 5.91 Å². The fourth-order valence-electron chi connectivity index (χ4n) is 1.62. The number of nitrogens with one attached hydrogen (secondary N) is 1. The number of carbonyl (C=O) groups is 1. The van der Waals surface area contributed by atoms with Crippen LogP contribution in [-0.4, -0.2) is 24.0 Å². The molecule has 0 fully saturated rings. The van der Waals surface area contributed by atoms with Gasteiger partial charge in [-0.25, -0.2) is 4.98 Å². The van der Waals surface area contributed by atoms with Crippen LogP contribution in [0.1, 0.15) is 5.69 Å². The average molecular weight is 276 g/mol. The zero-order chi connectivity index (χ0) is 13.7. The Balaban J connectivity index is 2.15. The predicted octanol–water partition coefficient (Wildman–Crippen LogP) is 1.98. The molecule has 1 amide bonds. The summed E-state index contributed by atoms with van der Waals surface area (Å²) in [5.74, 6) is -0.177. The van der Waals surface area contributed by atoms with Gasteiger partial charge in [0.2, 0.25) is 5.91 Å². The Labute approximate surface area is 116 Å². The van der Waals surface area contributed by atoms with Crippen LogP contribution in [0.15, 0.2) is 36.4 Å². The van der Waals surface area contributed by atoms with Crippen molar-refractivity contribution in [3.8, 4) is 0 Å². The summed E-state index contributed by atoms with van der Waals surface area (Å²) in [6, 6.07) is 9.25. The topological polar surface area (TPSA) is 68.0 Å². The number of nitrogens with zero attached hydrogens (tertiary/aromatic N) is 1. The second kappa shape index (κ2) is 6.31. The quantitative estimate of drug-likeness (QED) is 0.839. The van der Waals surface area contributed by atoms with E-state index in [0.29, 0.717) is 18.1 Å². The van der Waals surface area contributed by atoms with Crippen LogP contribution in [0, 0.1) is 0 Å². The molecule has 0 saturated carbocycles. The molecule has 0 radical (unpaired) electrons. The fourth-order valence-corrected chi connectivity index (χ4v) is 1.80. The van der Waals surface area contributed by atoms with Gasteiger partial charge in [0.25, 0.3) is 0 Å². The van der Waals surface area contributed by atoms with E-state index in [1.54, 1.807) is 12.1 Å². The standard InChI is InChI=1S/C14H14ClN3O/c15-11-2-5-13-10(9-11)1-3-12(18-13)4-6-14(19)17-8-7-16/h1-6,9H,7-8,16H2,(H,17,19)/b6-4+. The summed E-state index contributed by atoms with van der Waals surface area (Å²) in [6.45, 7) is 0.890. The van der Waals surface area contributed by atoms with E-state index in [4.69, 9.17) is 17.3 Å². The first kappa shape index (κ1) is 13.5. The highest BCUT2D eigenvalue weighted by molar-refractivity contribution is 6.31. The van der Waals surface area contributed by atoms with Crippen LogP contribution in [-0.2, 0) is 4.79 Å². The average Bonchev–Trinajstić information content (AvgIpc) is 2.42. The van der Waals surface area contributed by atoms with Gasteiger partial charge in [0.15, 0.2) is 0 Å². The molecule has 0 aliphatic heterocycles. The number of aromatic nitrogens is 1. The number of nitrogens with two attached hydrogens (primary N) is 1. The minimum absolute atomic E-state index is 0.177. The Bertz CT molecular complexity index is 625.